The third-order valence-electron chi connectivity index (χ3n) is 3.72. The third-order valence-corrected chi connectivity index (χ3v) is 3.72. The van der Waals surface area contributed by atoms with Gasteiger partial charge < -0.3 is 9.53 Å². The summed E-state index contributed by atoms with van der Waals surface area (Å²) in [4.78, 5) is 21.8. The van der Waals surface area contributed by atoms with E-state index in [1.165, 1.54) is 57.8 Å². The lowest BCUT2D eigenvalue weighted by Crippen LogP contribution is -2.12. The van der Waals surface area contributed by atoms with Crippen molar-refractivity contribution in [3.63, 3.8) is 0 Å². The Morgan fingerprint density at radius 3 is 1.86 bits per heavy atom. The average Bonchev–Trinajstić information content (AvgIpc) is 2.50. The molecule has 3 nitrogen and oxygen atoms in total. The van der Waals surface area contributed by atoms with E-state index in [1.807, 2.05) is 0 Å². The molecule has 0 aliphatic heterocycles. The summed E-state index contributed by atoms with van der Waals surface area (Å²) in [7, 11) is 0. The lowest BCUT2D eigenvalue weighted by molar-refractivity contribution is -0.145. The highest BCUT2D eigenvalue weighted by Gasteiger charge is 2.05. The zero-order valence-corrected chi connectivity index (χ0v) is 14.1. The van der Waals surface area contributed by atoms with Gasteiger partial charge in [-0.2, -0.15) is 0 Å². The molecule has 0 N–H and O–H groups in total. The third kappa shape index (κ3) is 15.3. The Bertz CT molecular complexity index is 251. The van der Waals surface area contributed by atoms with Gasteiger partial charge in [0.1, 0.15) is 12.9 Å². The highest BCUT2D eigenvalue weighted by molar-refractivity contribution is 5.69. The molecule has 0 radical (unpaired) electrons. The molecule has 3 heteroatoms. The quantitative estimate of drug-likeness (QED) is 0.241. The standard InChI is InChI=1S/C18H34O3/c1-3-4-5-6-7-8-9-10-11-12-13-14-18(20)21-16-17(2)15-19/h15,17H,3-14,16H2,1-2H3. The summed E-state index contributed by atoms with van der Waals surface area (Å²) in [6.07, 6.45) is 15.3. The fourth-order valence-corrected chi connectivity index (χ4v) is 2.27. The van der Waals surface area contributed by atoms with Crippen molar-refractivity contribution in [3.05, 3.63) is 0 Å². The van der Waals surface area contributed by atoms with Crippen LogP contribution in [-0.2, 0) is 14.3 Å². The number of carbonyl (C=O) groups is 2. The van der Waals surface area contributed by atoms with Gasteiger partial charge >= 0.3 is 5.97 Å². The first-order valence-electron chi connectivity index (χ1n) is 8.81. The van der Waals surface area contributed by atoms with Crippen LogP contribution in [0.25, 0.3) is 0 Å². The maximum Gasteiger partial charge on any atom is 0.305 e. The predicted molar refractivity (Wildman–Crippen MR) is 87.3 cm³/mol. The molecule has 0 spiro atoms. The molecule has 0 fully saturated rings. The molecular formula is C18H34O3. The SMILES string of the molecule is CCCCCCCCCCCCCC(=O)OCC(C)C=O. The fourth-order valence-electron chi connectivity index (χ4n) is 2.27. The van der Waals surface area contributed by atoms with E-state index in [1.54, 1.807) is 6.92 Å². The van der Waals surface area contributed by atoms with Gasteiger partial charge in [0.15, 0.2) is 0 Å². The smallest absolute Gasteiger partial charge is 0.305 e. The van der Waals surface area contributed by atoms with Crippen LogP contribution in [0.5, 0.6) is 0 Å². The minimum atomic E-state index is -0.189. The number of hydrogen-bond donors (Lipinski definition) is 0. The van der Waals surface area contributed by atoms with Crippen LogP contribution in [0.2, 0.25) is 0 Å². The van der Waals surface area contributed by atoms with Crippen molar-refractivity contribution in [2.75, 3.05) is 6.61 Å². The van der Waals surface area contributed by atoms with E-state index < -0.39 is 0 Å². The van der Waals surface area contributed by atoms with Gasteiger partial charge in [-0.1, -0.05) is 78.1 Å². The van der Waals surface area contributed by atoms with E-state index in [2.05, 4.69) is 6.92 Å². The predicted octanol–water partition coefficient (Wildman–Crippen LogP) is 5.07. The van der Waals surface area contributed by atoms with Gasteiger partial charge in [0.25, 0.3) is 0 Å². The van der Waals surface area contributed by atoms with Gasteiger partial charge in [-0.25, -0.2) is 0 Å². The fraction of sp³-hybridized carbons (Fsp3) is 0.889. The van der Waals surface area contributed by atoms with Crippen molar-refractivity contribution in [1.29, 1.82) is 0 Å². The van der Waals surface area contributed by atoms with Crippen molar-refractivity contribution in [3.8, 4) is 0 Å². The molecule has 0 amide bonds. The van der Waals surface area contributed by atoms with Crippen LogP contribution in [0.4, 0.5) is 0 Å². The Hall–Kier alpha value is -0.860. The summed E-state index contributed by atoms with van der Waals surface area (Å²) in [5.74, 6) is -0.356. The molecule has 0 aromatic carbocycles. The molecule has 0 bridgehead atoms. The number of hydrogen-bond acceptors (Lipinski definition) is 3. The number of ether oxygens (including phenoxy) is 1. The molecule has 21 heavy (non-hydrogen) atoms. The van der Waals surface area contributed by atoms with Crippen LogP contribution in [0.15, 0.2) is 0 Å². The van der Waals surface area contributed by atoms with Crippen molar-refractivity contribution in [1.82, 2.24) is 0 Å². The first-order chi connectivity index (χ1) is 10.2. The zero-order valence-electron chi connectivity index (χ0n) is 14.1. The second-order valence-electron chi connectivity index (χ2n) is 6.08. The van der Waals surface area contributed by atoms with E-state index in [0.29, 0.717) is 6.42 Å². The van der Waals surface area contributed by atoms with Gasteiger partial charge in [-0.05, 0) is 6.42 Å². The van der Waals surface area contributed by atoms with Crippen LogP contribution in [0.1, 0.15) is 90.9 Å². The Labute approximate surface area is 130 Å². The van der Waals surface area contributed by atoms with Gasteiger partial charge in [0, 0.05) is 12.3 Å². The van der Waals surface area contributed by atoms with E-state index in [9.17, 15) is 9.59 Å². The highest BCUT2D eigenvalue weighted by atomic mass is 16.5. The summed E-state index contributed by atoms with van der Waals surface area (Å²) < 4.78 is 5.02. The number of aldehydes is 1. The van der Waals surface area contributed by atoms with Crippen molar-refractivity contribution in [2.24, 2.45) is 5.92 Å². The van der Waals surface area contributed by atoms with Crippen molar-refractivity contribution < 1.29 is 14.3 Å². The summed E-state index contributed by atoms with van der Waals surface area (Å²) in [5, 5.41) is 0. The number of esters is 1. The minimum absolute atomic E-state index is 0.167. The molecule has 0 saturated carbocycles. The van der Waals surface area contributed by atoms with Crippen molar-refractivity contribution in [2.45, 2.75) is 90.9 Å². The van der Waals surface area contributed by atoms with Crippen molar-refractivity contribution >= 4 is 12.3 Å². The Kier molecular flexibility index (Phi) is 14.9. The first-order valence-corrected chi connectivity index (χ1v) is 8.81. The normalized spacial score (nSPS) is 12.1. The maximum atomic E-state index is 11.4. The lowest BCUT2D eigenvalue weighted by atomic mass is 10.1. The molecule has 1 unspecified atom stereocenters. The molecule has 0 aromatic rings. The second kappa shape index (κ2) is 15.5. The monoisotopic (exact) mass is 298 g/mol. The summed E-state index contributed by atoms with van der Waals surface area (Å²) in [5.41, 5.74) is 0. The number of carbonyl (C=O) groups excluding carboxylic acids is 2. The largest absolute Gasteiger partial charge is 0.465 e. The Morgan fingerprint density at radius 1 is 0.905 bits per heavy atom. The molecule has 0 heterocycles. The second-order valence-corrected chi connectivity index (χ2v) is 6.08. The zero-order chi connectivity index (χ0) is 15.8. The van der Waals surface area contributed by atoms with Crippen LogP contribution in [-0.4, -0.2) is 18.9 Å². The topological polar surface area (TPSA) is 43.4 Å². The number of unbranched alkanes of at least 4 members (excludes halogenated alkanes) is 10. The summed E-state index contributed by atoms with van der Waals surface area (Å²) in [6, 6.07) is 0. The van der Waals surface area contributed by atoms with Crippen LogP contribution in [0, 0.1) is 5.92 Å². The van der Waals surface area contributed by atoms with Crippen LogP contribution < -0.4 is 0 Å². The molecule has 0 saturated heterocycles. The van der Waals surface area contributed by atoms with Gasteiger partial charge in [0.2, 0.25) is 0 Å². The molecule has 0 aliphatic rings. The minimum Gasteiger partial charge on any atom is -0.465 e. The summed E-state index contributed by atoms with van der Waals surface area (Å²) in [6.45, 7) is 4.22. The van der Waals surface area contributed by atoms with Crippen LogP contribution in [0.3, 0.4) is 0 Å². The van der Waals surface area contributed by atoms with E-state index in [-0.39, 0.29) is 18.5 Å². The van der Waals surface area contributed by atoms with Gasteiger partial charge in [-0.3, -0.25) is 4.79 Å². The first kappa shape index (κ1) is 20.1. The van der Waals surface area contributed by atoms with E-state index >= 15 is 0 Å². The summed E-state index contributed by atoms with van der Waals surface area (Å²) >= 11 is 0. The molecule has 0 rings (SSSR count). The molecule has 124 valence electrons. The van der Waals surface area contributed by atoms with E-state index in [0.717, 1.165) is 19.1 Å². The highest BCUT2D eigenvalue weighted by Crippen LogP contribution is 2.12. The van der Waals surface area contributed by atoms with Crippen LogP contribution >= 0.6 is 0 Å². The van der Waals surface area contributed by atoms with Gasteiger partial charge in [-0.15, -0.1) is 0 Å². The molecular weight excluding hydrogens is 264 g/mol. The molecule has 1 atom stereocenters. The molecule has 0 aliphatic carbocycles. The van der Waals surface area contributed by atoms with Gasteiger partial charge in [0.05, 0.1) is 0 Å². The Balaban J connectivity index is 3.17. The number of rotatable bonds is 15. The van der Waals surface area contributed by atoms with E-state index in [4.69, 9.17) is 4.74 Å². The average molecular weight is 298 g/mol. The maximum absolute atomic E-state index is 11.4. The lowest BCUT2D eigenvalue weighted by Gasteiger charge is -2.06. The molecule has 0 aromatic heterocycles. The Morgan fingerprint density at radius 2 is 1.38 bits per heavy atom.